The van der Waals surface area contributed by atoms with Gasteiger partial charge in [0.25, 0.3) is 0 Å². The van der Waals surface area contributed by atoms with Crippen LogP contribution in [0.15, 0.2) is 0 Å². The van der Waals surface area contributed by atoms with Crippen molar-refractivity contribution >= 4 is 0 Å². The zero-order chi connectivity index (χ0) is 15.2. The van der Waals surface area contributed by atoms with Gasteiger partial charge in [0.1, 0.15) is 0 Å². The average Bonchev–Trinajstić information content (AvgIpc) is 2.39. The van der Waals surface area contributed by atoms with Gasteiger partial charge in [0.15, 0.2) is 0 Å². The molecule has 1 rings (SSSR count). The molecule has 0 radical (unpaired) electrons. The molecular formula is C19H39N. The molecule has 1 nitrogen and oxygen atoms in total. The zero-order valence-corrected chi connectivity index (χ0v) is 15.0. The molecule has 0 aromatic carbocycles. The highest BCUT2D eigenvalue weighted by Gasteiger charge is 2.34. The molecule has 0 bridgehead atoms. The standard InChI is InChI=1S/C19H39N/c1-7-9-15(3)18(20-14-8-2)16-10-12-17(13-11-16)19(4,5)6/h15-18,20H,7-14H2,1-6H3. The van der Waals surface area contributed by atoms with Crippen molar-refractivity contribution in [2.45, 2.75) is 92.5 Å². The van der Waals surface area contributed by atoms with E-state index in [1.165, 1.54) is 51.5 Å². The molecule has 0 aromatic heterocycles. The Morgan fingerprint density at radius 1 is 1.00 bits per heavy atom. The SMILES string of the molecule is CCCNC(C(C)CCC)C1CCC(C(C)(C)C)CC1. The number of nitrogens with one attached hydrogen (secondary N) is 1. The van der Waals surface area contributed by atoms with E-state index in [0.29, 0.717) is 5.41 Å². The predicted octanol–water partition coefficient (Wildman–Crippen LogP) is 5.64. The predicted molar refractivity (Wildman–Crippen MR) is 91.1 cm³/mol. The maximum atomic E-state index is 3.88. The summed E-state index contributed by atoms with van der Waals surface area (Å²) >= 11 is 0. The van der Waals surface area contributed by atoms with Gasteiger partial charge < -0.3 is 5.32 Å². The van der Waals surface area contributed by atoms with Gasteiger partial charge in [-0.05, 0) is 68.2 Å². The van der Waals surface area contributed by atoms with Gasteiger partial charge >= 0.3 is 0 Å². The molecule has 0 amide bonds. The molecule has 1 aliphatic rings. The van der Waals surface area contributed by atoms with E-state index in [0.717, 1.165) is 23.8 Å². The highest BCUT2D eigenvalue weighted by Crippen LogP contribution is 2.41. The van der Waals surface area contributed by atoms with Gasteiger partial charge in [-0.15, -0.1) is 0 Å². The van der Waals surface area contributed by atoms with Crippen LogP contribution in [-0.2, 0) is 0 Å². The van der Waals surface area contributed by atoms with Crippen molar-refractivity contribution in [3.05, 3.63) is 0 Å². The van der Waals surface area contributed by atoms with Crippen molar-refractivity contribution in [3.63, 3.8) is 0 Å². The monoisotopic (exact) mass is 281 g/mol. The van der Waals surface area contributed by atoms with Crippen LogP contribution in [0, 0.1) is 23.2 Å². The summed E-state index contributed by atoms with van der Waals surface area (Å²) in [6.45, 7) is 15.5. The minimum atomic E-state index is 0.506. The second kappa shape index (κ2) is 8.41. The third kappa shape index (κ3) is 5.39. The molecule has 0 aliphatic heterocycles. The first kappa shape index (κ1) is 18.0. The van der Waals surface area contributed by atoms with E-state index in [9.17, 15) is 0 Å². The van der Waals surface area contributed by atoms with Crippen molar-refractivity contribution in [2.75, 3.05) is 6.54 Å². The summed E-state index contributed by atoms with van der Waals surface area (Å²) in [5.74, 6) is 2.69. The Kier molecular flexibility index (Phi) is 7.58. The van der Waals surface area contributed by atoms with Crippen LogP contribution in [0.1, 0.15) is 86.5 Å². The first-order valence-electron chi connectivity index (χ1n) is 9.13. The molecule has 0 aromatic rings. The lowest BCUT2D eigenvalue weighted by atomic mass is 9.67. The fourth-order valence-corrected chi connectivity index (χ4v) is 4.12. The summed E-state index contributed by atoms with van der Waals surface area (Å²) < 4.78 is 0. The van der Waals surface area contributed by atoms with Crippen molar-refractivity contribution in [2.24, 2.45) is 23.2 Å². The summed E-state index contributed by atoms with van der Waals surface area (Å²) in [5.41, 5.74) is 0.506. The fourth-order valence-electron chi connectivity index (χ4n) is 4.12. The van der Waals surface area contributed by atoms with Gasteiger partial charge in [-0.1, -0.05) is 48.0 Å². The highest BCUT2D eigenvalue weighted by molar-refractivity contribution is 4.87. The molecule has 1 aliphatic carbocycles. The molecule has 2 atom stereocenters. The minimum absolute atomic E-state index is 0.506. The quantitative estimate of drug-likeness (QED) is 0.636. The highest BCUT2D eigenvalue weighted by atomic mass is 14.9. The van der Waals surface area contributed by atoms with Gasteiger partial charge in [-0.25, -0.2) is 0 Å². The lowest BCUT2D eigenvalue weighted by molar-refractivity contribution is 0.117. The van der Waals surface area contributed by atoms with Gasteiger partial charge in [-0.3, -0.25) is 0 Å². The fraction of sp³-hybridized carbons (Fsp3) is 1.00. The van der Waals surface area contributed by atoms with Crippen LogP contribution in [0.4, 0.5) is 0 Å². The molecule has 1 saturated carbocycles. The average molecular weight is 282 g/mol. The van der Waals surface area contributed by atoms with Crippen molar-refractivity contribution in [1.29, 1.82) is 0 Å². The van der Waals surface area contributed by atoms with Crippen molar-refractivity contribution in [1.82, 2.24) is 5.32 Å². The van der Waals surface area contributed by atoms with Gasteiger partial charge in [-0.2, -0.15) is 0 Å². The lowest BCUT2D eigenvalue weighted by Gasteiger charge is -2.41. The van der Waals surface area contributed by atoms with Gasteiger partial charge in [0.2, 0.25) is 0 Å². The summed E-state index contributed by atoms with van der Waals surface area (Å²) in [6.07, 6.45) is 9.72. The zero-order valence-electron chi connectivity index (χ0n) is 15.0. The van der Waals surface area contributed by atoms with Crippen LogP contribution in [0.5, 0.6) is 0 Å². The van der Waals surface area contributed by atoms with E-state index in [1.54, 1.807) is 0 Å². The first-order valence-corrected chi connectivity index (χ1v) is 9.13. The molecule has 0 heterocycles. The van der Waals surface area contributed by atoms with Crippen LogP contribution < -0.4 is 5.32 Å². The molecule has 20 heavy (non-hydrogen) atoms. The smallest absolute Gasteiger partial charge is 0.0121 e. The topological polar surface area (TPSA) is 12.0 Å². The summed E-state index contributed by atoms with van der Waals surface area (Å²) in [4.78, 5) is 0. The third-order valence-electron chi connectivity index (χ3n) is 5.49. The van der Waals surface area contributed by atoms with E-state index in [2.05, 4.69) is 46.9 Å². The van der Waals surface area contributed by atoms with Gasteiger partial charge in [0.05, 0.1) is 0 Å². The molecule has 1 heteroatoms. The van der Waals surface area contributed by atoms with Crippen molar-refractivity contribution < 1.29 is 0 Å². The van der Waals surface area contributed by atoms with E-state index in [-0.39, 0.29) is 0 Å². The van der Waals surface area contributed by atoms with Crippen LogP contribution in [0.3, 0.4) is 0 Å². The van der Waals surface area contributed by atoms with E-state index < -0.39 is 0 Å². The Bertz CT molecular complexity index is 245. The van der Waals surface area contributed by atoms with E-state index in [4.69, 9.17) is 0 Å². The second-order valence-corrected chi connectivity index (χ2v) is 8.22. The van der Waals surface area contributed by atoms with Crippen LogP contribution in [0.2, 0.25) is 0 Å². The molecule has 120 valence electrons. The molecular weight excluding hydrogens is 242 g/mol. The van der Waals surface area contributed by atoms with Gasteiger partial charge in [0, 0.05) is 6.04 Å². The first-order chi connectivity index (χ1) is 9.40. The number of rotatable bonds is 7. The normalized spacial score (nSPS) is 27.3. The lowest BCUT2D eigenvalue weighted by Crippen LogP contribution is -2.43. The van der Waals surface area contributed by atoms with E-state index >= 15 is 0 Å². The molecule has 1 fully saturated rings. The Labute approximate surface area is 128 Å². The number of hydrogen-bond donors (Lipinski definition) is 1. The Morgan fingerprint density at radius 3 is 2.05 bits per heavy atom. The molecule has 0 saturated heterocycles. The summed E-state index contributed by atoms with van der Waals surface area (Å²) in [6, 6.07) is 0.760. The second-order valence-electron chi connectivity index (χ2n) is 8.22. The molecule has 0 spiro atoms. The van der Waals surface area contributed by atoms with Crippen LogP contribution in [-0.4, -0.2) is 12.6 Å². The maximum absolute atomic E-state index is 3.88. The van der Waals surface area contributed by atoms with Crippen LogP contribution in [0.25, 0.3) is 0 Å². The van der Waals surface area contributed by atoms with E-state index in [1.807, 2.05) is 0 Å². The number of hydrogen-bond acceptors (Lipinski definition) is 1. The Hall–Kier alpha value is -0.0400. The molecule has 2 unspecified atom stereocenters. The summed E-state index contributed by atoms with van der Waals surface area (Å²) in [7, 11) is 0. The molecule has 1 N–H and O–H groups in total. The third-order valence-corrected chi connectivity index (χ3v) is 5.49. The van der Waals surface area contributed by atoms with Crippen LogP contribution >= 0.6 is 0 Å². The Morgan fingerprint density at radius 2 is 1.60 bits per heavy atom. The minimum Gasteiger partial charge on any atom is -0.313 e. The Balaban J connectivity index is 2.55. The largest absolute Gasteiger partial charge is 0.313 e. The summed E-state index contributed by atoms with van der Waals surface area (Å²) in [5, 5.41) is 3.88. The van der Waals surface area contributed by atoms with Crippen molar-refractivity contribution in [3.8, 4) is 0 Å². The maximum Gasteiger partial charge on any atom is 0.0121 e.